The molecule has 2 atom stereocenters. The zero-order chi connectivity index (χ0) is 11.5. The number of hydrogen-bond acceptors (Lipinski definition) is 4. The molecule has 1 aromatic heterocycles. The second-order valence-electron chi connectivity index (χ2n) is 3.85. The summed E-state index contributed by atoms with van der Waals surface area (Å²) < 4.78 is 0. The molecule has 2 N–H and O–H groups in total. The lowest BCUT2D eigenvalue weighted by atomic mass is 10.0. The van der Waals surface area contributed by atoms with Crippen LogP contribution in [0.1, 0.15) is 13.3 Å². The Kier molecular flexibility index (Phi) is 3.36. The quantitative estimate of drug-likeness (QED) is 0.759. The van der Waals surface area contributed by atoms with Gasteiger partial charge in [0.25, 0.3) is 0 Å². The Bertz CT molecular complexity index is 398. The molecule has 1 fully saturated rings. The topological polar surface area (TPSA) is 66.9 Å². The van der Waals surface area contributed by atoms with Gasteiger partial charge in [0.05, 0.1) is 5.92 Å². The molecule has 16 heavy (non-hydrogen) atoms. The summed E-state index contributed by atoms with van der Waals surface area (Å²) in [5.41, 5.74) is 0. The summed E-state index contributed by atoms with van der Waals surface area (Å²) in [4.78, 5) is 19.6. The van der Waals surface area contributed by atoms with Gasteiger partial charge in [-0.15, -0.1) is 0 Å². The van der Waals surface area contributed by atoms with Gasteiger partial charge in [0.1, 0.15) is 17.3 Å². The van der Waals surface area contributed by atoms with Gasteiger partial charge < -0.3 is 10.6 Å². The minimum atomic E-state index is -0.0210. The number of hydrogen-bond donors (Lipinski definition) is 2. The Balaban J connectivity index is 2.02. The van der Waals surface area contributed by atoms with Crippen LogP contribution in [0, 0.1) is 5.92 Å². The smallest absolute Gasteiger partial charge is 0.230 e. The summed E-state index contributed by atoms with van der Waals surface area (Å²) in [7, 11) is 0. The lowest BCUT2D eigenvalue weighted by Crippen LogP contribution is -2.32. The van der Waals surface area contributed by atoms with Gasteiger partial charge in [-0.25, -0.2) is 9.97 Å². The molecule has 0 bridgehead atoms. The fraction of sp³-hybridized carbons (Fsp3) is 0.500. The maximum atomic E-state index is 11.9. The molecule has 0 aromatic carbocycles. The van der Waals surface area contributed by atoms with E-state index in [0.29, 0.717) is 11.0 Å². The van der Waals surface area contributed by atoms with Crippen LogP contribution >= 0.6 is 11.6 Å². The first kappa shape index (κ1) is 11.3. The Morgan fingerprint density at radius 3 is 3.06 bits per heavy atom. The van der Waals surface area contributed by atoms with E-state index < -0.39 is 0 Å². The highest BCUT2D eigenvalue weighted by Crippen LogP contribution is 2.17. The summed E-state index contributed by atoms with van der Waals surface area (Å²) in [5, 5.41) is 6.29. The molecule has 2 heterocycles. The third kappa shape index (κ3) is 2.48. The zero-order valence-corrected chi connectivity index (χ0v) is 9.66. The van der Waals surface area contributed by atoms with E-state index in [0.717, 1.165) is 13.0 Å². The fourth-order valence-electron chi connectivity index (χ4n) is 1.84. The largest absolute Gasteiger partial charge is 0.313 e. The van der Waals surface area contributed by atoms with Gasteiger partial charge in [0.2, 0.25) is 5.91 Å². The minimum Gasteiger partial charge on any atom is -0.313 e. The molecule has 2 unspecified atom stereocenters. The van der Waals surface area contributed by atoms with Crippen LogP contribution in [0.25, 0.3) is 0 Å². The molecular weight excluding hydrogens is 228 g/mol. The van der Waals surface area contributed by atoms with E-state index in [1.54, 1.807) is 0 Å². The number of halogens is 1. The van der Waals surface area contributed by atoms with Crippen LogP contribution in [0.15, 0.2) is 12.4 Å². The van der Waals surface area contributed by atoms with Crippen LogP contribution in [0.2, 0.25) is 5.15 Å². The first-order valence-electron chi connectivity index (χ1n) is 5.18. The molecule has 1 amide bonds. The Hall–Kier alpha value is -1.20. The summed E-state index contributed by atoms with van der Waals surface area (Å²) in [6.45, 7) is 2.88. The van der Waals surface area contributed by atoms with E-state index in [1.807, 2.05) is 6.92 Å². The number of carbonyl (C=O) groups is 1. The third-order valence-electron chi connectivity index (χ3n) is 2.75. The lowest BCUT2D eigenvalue weighted by Gasteiger charge is -2.14. The Morgan fingerprint density at radius 2 is 2.44 bits per heavy atom. The normalized spacial score (nSPS) is 24.4. The highest BCUT2D eigenvalue weighted by Gasteiger charge is 2.29. The molecule has 5 nitrogen and oxygen atoms in total. The molecule has 6 heteroatoms. The van der Waals surface area contributed by atoms with Gasteiger partial charge in [0, 0.05) is 12.1 Å². The number of rotatable bonds is 2. The van der Waals surface area contributed by atoms with Crippen molar-refractivity contribution in [2.24, 2.45) is 5.92 Å². The van der Waals surface area contributed by atoms with Crippen LogP contribution in [-0.2, 0) is 4.79 Å². The van der Waals surface area contributed by atoms with E-state index in [4.69, 9.17) is 11.6 Å². The maximum Gasteiger partial charge on any atom is 0.230 e. The molecule has 0 radical (unpaired) electrons. The van der Waals surface area contributed by atoms with E-state index in [9.17, 15) is 4.79 Å². The molecule has 0 spiro atoms. The van der Waals surface area contributed by atoms with Crippen LogP contribution in [0.5, 0.6) is 0 Å². The van der Waals surface area contributed by atoms with Crippen molar-refractivity contribution in [3.05, 3.63) is 17.5 Å². The molecule has 0 aliphatic carbocycles. The zero-order valence-electron chi connectivity index (χ0n) is 8.90. The molecule has 1 aliphatic heterocycles. The molecule has 0 saturated carbocycles. The standard InChI is InChI=1S/C10H13ClN4O/c1-6-7(2-3-12-6)10(16)15-9-4-8(11)13-5-14-9/h4-7,12H,2-3H2,1H3,(H,13,14,15,16). The average molecular weight is 241 g/mol. The first-order valence-corrected chi connectivity index (χ1v) is 5.56. The summed E-state index contributed by atoms with van der Waals surface area (Å²) in [5.74, 6) is 0.421. The first-order chi connectivity index (χ1) is 7.66. The molecule has 2 rings (SSSR count). The van der Waals surface area contributed by atoms with Crippen molar-refractivity contribution in [1.82, 2.24) is 15.3 Å². The molecule has 1 aliphatic rings. The van der Waals surface area contributed by atoms with Crippen molar-refractivity contribution in [2.75, 3.05) is 11.9 Å². The number of carbonyl (C=O) groups excluding carboxylic acids is 1. The van der Waals surface area contributed by atoms with Crippen molar-refractivity contribution >= 4 is 23.3 Å². The van der Waals surface area contributed by atoms with Crippen molar-refractivity contribution in [3.8, 4) is 0 Å². The fourth-order valence-corrected chi connectivity index (χ4v) is 1.98. The number of aromatic nitrogens is 2. The predicted octanol–water partition coefficient (Wildman–Crippen LogP) is 1.07. The highest BCUT2D eigenvalue weighted by atomic mass is 35.5. The molecular formula is C10H13ClN4O. The SMILES string of the molecule is CC1NCCC1C(=O)Nc1cc(Cl)ncn1. The Morgan fingerprint density at radius 1 is 1.62 bits per heavy atom. The van der Waals surface area contributed by atoms with Crippen molar-refractivity contribution in [2.45, 2.75) is 19.4 Å². The van der Waals surface area contributed by atoms with Crippen LogP contribution in [0.3, 0.4) is 0 Å². The molecule has 1 saturated heterocycles. The minimum absolute atomic E-state index is 0.00580. The predicted molar refractivity (Wildman–Crippen MR) is 61.2 cm³/mol. The van der Waals surface area contributed by atoms with Gasteiger partial charge in [0.15, 0.2) is 0 Å². The summed E-state index contributed by atoms with van der Waals surface area (Å²) >= 11 is 5.70. The van der Waals surface area contributed by atoms with E-state index in [-0.39, 0.29) is 17.9 Å². The highest BCUT2D eigenvalue weighted by molar-refractivity contribution is 6.29. The van der Waals surface area contributed by atoms with Crippen LogP contribution < -0.4 is 10.6 Å². The van der Waals surface area contributed by atoms with Crippen LogP contribution in [-0.4, -0.2) is 28.5 Å². The lowest BCUT2D eigenvalue weighted by molar-refractivity contribution is -0.120. The second-order valence-corrected chi connectivity index (χ2v) is 4.24. The van der Waals surface area contributed by atoms with Crippen molar-refractivity contribution < 1.29 is 4.79 Å². The van der Waals surface area contributed by atoms with Crippen molar-refractivity contribution in [1.29, 1.82) is 0 Å². The van der Waals surface area contributed by atoms with Crippen LogP contribution in [0.4, 0.5) is 5.82 Å². The number of anilines is 1. The van der Waals surface area contributed by atoms with E-state index in [1.165, 1.54) is 12.4 Å². The third-order valence-corrected chi connectivity index (χ3v) is 2.95. The number of nitrogens with one attached hydrogen (secondary N) is 2. The van der Waals surface area contributed by atoms with E-state index in [2.05, 4.69) is 20.6 Å². The number of nitrogens with zero attached hydrogens (tertiary/aromatic N) is 2. The maximum absolute atomic E-state index is 11.9. The summed E-state index contributed by atoms with van der Waals surface area (Å²) in [6, 6.07) is 1.74. The van der Waals surface area contributed by atoms with Gasteiger partial charge in [-0.2, -0.15) is 0 Å². The van der Waals surface area contributed by atoms with E-state index >= 15 is 0 Å². The second kappa shape index (κ2) is 4.76. The average Bonchev–Trinajstić information content (AvgIpc) is 2.64. The monoisotopic (exact) mass is 240 g/mol. The molecule has 1 aromatic rings. The van der Waals surface area contributed by atoms with Gasteiger partial charge in [-0.1, -0.05) is 11.6 Å². The van der Waals surface area contributed by atoms with Gasteiger partial charge in [-0.05, 0) is 19.9 Å². The molecule has 86 valence electrons. The number of amides is 1. The summed E-state index contributed by atoms with van der Waals surface area (Å²) in [6.07, 6.45) is 2.18. The van der Waals surface area contributed by atoms with Gasteiger partial charge >= 0.3 is 0 Å². The van der Waals surface area contributed by atoms with Gasteiger partial charge in [-0.3, -0.25) is 4.79 Å². The van der Waals surface area contributed by atoms with Crippen molar-refractivity contribution in [3.63, 3.8) is 0 Å². The Labute approximate surface area is 98.6 Å².